The van der Waals surface area contributed by atoms with Gasteiger partial charge in [-0.15, -0.1) is 0 Å². The summed E-state index contributed by atoms with van der Waals surface area (Å²) in [5.41, 5.74) is 2.41. The maximum atomic E-state index is 13.2. The molecule has 1 fully saturated rings. The Bertz CT molecular complexity index is 1240. The number of aromatic nitrogens is 2. The largest absolute Gasteiger partial charge is 0.507 e. The molecule has 7 nitrogen and oxygen atoms in total. The Hall–Kier alpha value is -3.87. The van der Waals surface area contributed by atoms with Crippen LogP contribution in [0.3, 0.4) is 0 Å². The van der Waals surface area contributed by atoms with E-state index in [9.17, 15) is 14.7 Å². The van der Waals surface area contributed by atoms with E-state index in [-0.39, 0.29) is 16.7 Å². The average molecular weight is 474 g/mol. The smallest absolute Gasteiger partial charge is 0.295 e. The molecule has 1 aliphatic rings. The molecule has 182 valence electrons. The van der Waals surface area contributed by atoms with Crippen LogP contribution in [0, 0.1) is 0 Å². The number of benzene rings is 2. The van der Waals surface area contributed by atoms with E-state index in [1.807, 2.05) is 35.0 Å². The van der Waals surface area contributed by atoms with Crippen LogP contribution in [-0.4, -0.2) is 44.9 Å². The normalized spacial score (nSPS) is 17.7. The predicted molar refractivity (Wildman–Crippen MR) is 134 cm³/mol. The molecule has 1 saturated heterocycles. The lowest BCUT2D eigenvalue weighted by Crippen LogP contribution is -2.31. The van der Waals surface area contributed by atoms with Crippen molar-refractivity contribution in [1.29, 1.82) is 0 Å². The van der Waals surface area contributed by atoms with E-state index in [2.05, 4.69) is 25.8 Å². The third-order valence-corrected chi connectivity index (χ3v) is 6.35. The molecule has 1 N–H and O–H groups in total. The number of imidazole rings is 1. The summed E-state index contributed by atoms with van der Waals surface area (Å²) in [5, 5.41) is 11.2. The lowest BCUT2D eigenvalue weighted by Gasteiger charge is -2.26. The van der Waals surface area contributed by atoms with Crippen LogP contribution in [0.15, 0.2) is 72.8 Å². The van der Waals surface area contributed by atoms with Gasteiger partial charge in [-0.3, -0.25) is 9.59 Å². The van der Waals surface area contributed by atoms with E-state index >= 15 is 0 Å². The van der Waals surface area contributed by atoms with Gasteiger partial charge in [0.2, 0.25) is 0 Å². The summed E-state index contributed by atoms with van der Waals surface area (Å²) in [4.78, 5) is 32.0. The van der Waals surface area contributed by atoms with Crippen molar-refractivity contribution in [3.05, 3.63) is 89.5 Å². The number of carbonyl (C=O) groups excluding carboxylic acids is 2. The highest BCUT2D eigenvalue weighted by atomic mass is 16.5. The number of hydrogen-bond donors (Lipinski definition) is 1. The van der Waals surface area contributed by atoms with Crippen LogP contribution in [0.5, 0.6) is 5.75 Å². The van der Waals surface area contributed by atoms with Crippen molar-refractivity contribution in [3.8, 4) is 5.75 Å². The fraction of sp³-hybridized carbons (Fsp3) is 0.321. The number of ether oxygens (including phenoxy) is 1. The number of carbonyl (C=O) groups is 2. The molecule has 0 aliphatic carbocycles. The molecule has 0 radical (unpaired) electrons. The number of amides is 1. The zero-order valence-electron chi connectivity index (χ0n) is 20.6. The number of rotatable bonds is 7. The molecule has 2 aromatic carbocycles. The summed E-state index contributed by atoms with van der Waals surface area (Å²) < 4.78 is 7.21. The molecule has 1 aromatic heterocycles. The third kappa shape index (κ3) is 4.99. The molecule has 0 unspecified atom stereocenters. The Balaban J connectivity index is 1.75. The first-order valence-corrected chi connectivity index (χ1v) is 11.7. The first kappa shape index (κ1) is 24.3. The quantitative estimate of drug-likeness (QED) is 0.305. The molecule has 0 bridgehead atoms. The first-order valence-electron chi connectivity index (χ1n) is 11.7. The standard InChI is InChI=1S/C28H31N3O4/c1-28(2,3)21-11-9-19(10-12-21)24-23(25(32)20-7-5-8-22(17-20)35-4)26(33)27(34)31(24)15-6-14-30-16-13-29-18-30/h5,7-13,16-18,24,32H,6,14-15H2,1-4H3/b25-23+/t24-/m1/s1. The van der Waals surface area contributed by atoms with Crippen molar-refractivity contribution >= 4 is 17.4 Å². The molecule has 0 spiro atoms. The van der Waals surface area contributed by atoms with Gasteiger partial charge in [-0.1, -0.05) is 57.2 Å². The average Bonchev–Trinajstić information content (AvgIpc) is 3.45. The number of Topliss-reactive ketones (excluding diaryl/α,β-unsaturated/α-hetero) is 1. The summed E-state index contributed by atoms with van der Waals surface area (Å²) >= 11 is 0. The molecule has 35 heavy (non-hydrogen) atoms. The van der Waals surface area contributed by atoms with E-state index in [1.165, 1.54) is 7.11 Å². The summed E-state index contributed by atoms with van der Waals surface area (Å²) in [6, 6.07) is 14.1. The Morgan fingerprint density at radius 2 is 1.83 bits per heavy atom. The maximum Gasteiger partial charge on any atom is 0.295 e. The van der Waals surface area contributed by atoms with Crippen molar-refractivity contribution in [2.24, 2.45) is 0 Å². The highest BCUT2D eigenvalue weighted by Crippen LogP contribution is 2.40. The van der Waals surface area contributed by atoms with E-state index in [0.29, 0.717) is 30.8 Å². The zero-order chi connectivity index (χ0) is 25.2. The molecule has 7 heteroatoms. The minimum atomic E-state index is -0.683. The van der Waals surface area contributed by atoms with Gasteiger partial charge >= 0.3 is 0 Å². The molecular formula is C28H31N3O4. The molecule has 3 aromatic rings. The van der Waals surface area contributed by atoms with Gasteiger partial charge < -0.3 is 19.3 Å². The summed E-state index contributed by atoms with van der Waals surface area (Å²) in [7, 11) is 1.54. The number of aliphatic hydroxyl groups is 1. The lowest BCUT2D eigenvalue weighted by atomic mass is 9.85. The first-order chi connectivity index (χ1) is 16.7. The number of ketones is 1. The highest BCUT2D eigenvalue weighted by Gasteiger charge is 2.45. The minimum Gasteiger partial charge on any atom is -0.507 e. The number of aliphatic hydroxyl groups excluding tert-OH is 1. The predicted octanol–water partition coefficient (Wildman–Crippen LogP) is 4.70. The Labute approximate surface area is 205 Å². The minimum absolute atomic E-state index is 0.0360. The van der Waals surface area contributed by atoms with Crippen molar-refractivity contribution in [2.75, 3.05) is 13.7 Å². The fourth-order valence-electron chi connectivity index (χ4n) is 4.39. The second kappa shape index (κ2) is 9.78. The third-order valence-electron chi connectivity index (χ3n) is 6.35. The Kier molecular flexibility index (Phi) is 6.78. The van der Waals surface area contributed by atoms with Crippen LogP contribution in [0.2, 0.25) is 0 Å². The van der Waals surface area contributed by atoms with Gasteiger partial charge in [0.1, 0.15) is 11.5 Å². The van der Waals surface area contributed by atoms with Crippen LogP contribution in [0.25, 0.3) is 5.76 Å². The molecule has 0 saturated carbocycles. The number of aryl methyl sites for hydroxylation is 1. The maximum absolute atomic E-state index is 13.2. The monoisotopic (exact) mass is 473 g/mol. The summed E-state index contributed by atoms with van der Waals surface area (Å²) in [6.07, 6.45) is 5.93. The fourth-order valence-corrected chi connectivity index (χ4v) is 4.39. The molecule has 1 atom stereocenters. The Morgan fingerprint density at radius 1 is 1.09 bits per heavy atom. The molecule has 1 aliphatic heterocycles. The van der Waals surface area contributed by atoms with Crippen molar-refractivity contribution in [2.45, 2.75) is 45.2 Å². The van der Waals surface area contributed by atoms with E-state index in [1.54, 1.807) is 41.7 Å². The molecule has 1 amide bonds. The van der Waals surface area contributed by atoms with Crippen LogP contribution >= 0.6 is 0 Å². The zero-order valence-corrected chi connectivity index (χ0v) is 20.6. The molecule has 4 rings (SSSR count). The summed E-state index contributed by atoms with van der Waals surface area (Å²) in [5.74, 6) is -0.943. The number of methoxy groups -OCH3 is 1. The van der Waals surface area contributed by atoms with Crippen molar-refractivity contribution in [1.82, 2.24) is 14.5 Å². The van der Waals surface area contributed by atoms with Gasteiger partial charge in [0, 0.05) is 31.0 Å². The second-order valence-corrected chi connectivity index (χ2v) is 9.75. The van der Waals surface area contributed by atoms with Gasteiger partial charge in [-0.05, 0) is 35.1 Å². The van der Waals surface area contributed by atoms with Crippen LogP contribution in [-0.2, 0) is 21.5 Å². The Morgan fingerprint density at radius 3 is 2.46 bits per heavy atom. The van der Waals surface area contributed by atoms with Gasteiger partial charge in [-0.25, -0.2) is 4.98 Å². The highest BCUT2D eigenvalue weighted by molar-refractivity contribution is 6.46. The van der Waals surface area contributed by atoms with E-state index in [4.69, 9.17) is 4.74 Å². The van der Waals surface area contributed by atoms with Crippen LogP contribution < -0.4 is 4.74 Å². The van der Waals surface area contributed by atoms with Gasteiger partial charge in [-0.2, -0.15) is 0 Å². The number of nitrogens with zero attached hydrogens (tertiary/aromatic N) is 3. The van der Waals surface area contributed by atoms with Crippen molar-refractivity contribution < 1.29 is 19.4 Å². The van der Waals surface area contributed by atoms with Crippen molar-refractivity contribution in [3.63, 3.8) is 0 Å². The second-order valence-electron chi connectivity index (χ2n) is 9.75. The topological polar surface area (TPSA) is 84.7 Å². The van der Waals surface area contributed by atoms with Gasteiger partial charge in [0.05, 0.1) is 25.1 Å². The van der Waals surface area contributed by atoms with Crippen LogP contribution in [0.1, 0.15) is 49.9 Å². The summed E-state index contributed by atoms with van der Waals surface area (Å²) in [6.45, 7) is 7.42. The number of likely N-dealkylation sites (tertiary alicyclic amines) is 1. The van der Waals surface area contributed by atoms with E-state index < -0.39 is 17.7 Å². The molecular weight excluding hydrogens is 442 g/mol. The van der Waals surface area contributed by atoms with Gasteiger partial charge in [0.15, 0.2) is 0 Å². The van der Waals surface area contributed by atoms with E-state index in [0.717, 1.165) is 11.1 Å². The van der Waals surface area contributed by atoms with Gasteiger partial charge in [0.25, 0.3) is 11.7 Å². The molecule has 2 heterocycles. The SMILES string of the molecule is COc1cccc(/C(O)=C2\C(=O)C(=O)N(CCCn3ccnc3)[C@@H]2c2ccc(C(C)(C)C)cc2)c1. The van der Waals surface area contributed by atoms with Crippen LogP contribution in [0.4, 0.5) is 0 Å². The lowest BCUT2D eigenvalue weighted by molar-refractivity contribution is -0.139. The number of hydrogen-bond acceptors (Lipinski definition) is 5.